The van der Waals surface area contributed by atoms with Gasteiger partial charge in [0, 0.05) is 6.42 Å². The van der Waals surface area contributed by atoms with E-state index in [1.54, 1.807) is 13.0 Å². The number of rotatable bonds is 4. The summed E-state index contributed by atoms with van der Waals surface area (Å²) in [5.74, 6) is -0.684. The van der Waals surface area contributed by atoms with Crippen LogP contribution in [0, 0.1) is 0 Å². The van der Waals surface area contributed by atoms with Crippen molar-refractivity contribution in [2.45, 2.75) is 39.0 Å². The van der Waals surface area contributed by atoms with Gasteiger partial charge in [0.2, 0.25) is 0 Å². The second-order valence-electron chi connectivity index (χ2n) is 3.85. The summed E-state index contributed by atoms with van der Waals surface area (Å²) in [7, 11) is 1.30. The van der Waals surface area contributed by atoms with E-state index in [-0.39, 0.29) is 11.4 Å². The lowest BCUT2D eigenvalue weighted by atomic mass is 9.96. The number of methoxy groups -OCH3 is 1. The molecular formula is C13H18O3. The number of Topliss-reactive ketones (excluding diaryl/α,β-unsaturated/α-hetero) is 1. The molecule has 0 aromatic rings. The first-order valence-electron chi connectivity index (χ1n) is 5.71. The summed E-state index contributed by atoms with van der Waals surface area (Å²) in [5.41, 5.74) is 1.26. The SMILES string of the molecule is CCC(=O)C(=CC1=CCCCC1)C(=O)OC. The lowest BCUT2D eigenvalue weighted by molar-refractivity contribution is -0.137. The second-order valence-corrected chi connectivity index (χ2v) is 3.85. The quantitative estimate of drug-likeness (QED) is 0.318. The molecule has 0 saturated heterocycles. The Balaban J connectivity index is 2.90. The summed E-state index contributed by atoms with van der Waals surface area (Å²) in [4.78, 5) is 23.0. The van der Waals surface area contributed by atoms with Crippen LogP contribution < -0.4 is 0 Å². The van der Waals surface area contributed by atoms with Crippen molar-refractivity contribution in [2.75, 3.05) is 7.11 Å². The van der Waals surface area contributed by atoms with E-state index in [9.17, 15) is 9.59 Å². The molecule has 16 heavy (non-hydrogen) atoms. The summed E-state index contributed by atoms with van der Waals surface area (Å²) in [6.45, 7) is 1.74. The van der Waals surface area contributed by atoms with Crippen LogP contribution in [0.2, 0.25) is 0 Å². The number of ketones is 1. The number of esters is 1. The highest BCUT2D eigenvalue weighted by Gasteiger charge is 2.17. The van der Waals surface area contributed by atoms with Crippen molar-refractivity contribution in [1.29, 1.82) is 0 Å². The first-order valence-corrected chi connectivity index (χ1v) is 5.71. The maximum Gasteiger partial charge on any atom is 0.341 e. The molecule has 0 N–H and O–H groups in total. The summed E-state index contributed by atoms with van der Waals surface area (Å²) in [6, 6.07) is 0. The van der Waals surface area contributed by atoms with E-state index in [0.29, 0.717) is 6.42 Å². The summed E-state index contributed by atoms with van der Waals surface area (Å²) in [5, 5.41) is 0. The Hall–Kier alpha value is -1.38. The third kappa shape index (κ3) is 3.33. The fourth-order valence-electron chi connectivity index (χ4n) is 1.73. The zero-order chi connectivity index (χ0) is 12.0. The first kappa shape index (κ1) is 12.7. The van der Waals surface area contributed by atoms with Gasteiger partial charge in [-0.15, -0.1) is 0 Å². The van der Waals surface area contributed by atoms with Crippen LogP contribution in [0.15, 0.2) is 23.3 Å². The number of carbonyl (C=O) groups is 2. The Morgan fingerprint density at radius 3 is 2.69 bits per heavy atom. The number of carbonyl (C=O) groups excluding carboxylic acids is 2. The molecule has 1 rings (SSSR count). The van der Waals surface area contributed by atoms with E-state index in [1.807, 2.05) is 0 Å². The lowest BCUT2D eigenvalue weighted by Crippen LogP contribution is -2.14. The van der Waals surface area contributed by atoms with Gasteiger partial charge >= 0.3 is 5.97 Å². The van der Waals surface area contributed by atoms with Gasteiger partial charge in [-0.25, -0.2) is 4.79 Å². The van der Waals surface area contributed by atoms with Crippen LogP contribution in [0.1, 0.15) is 39.0 Å². The van der Waals surface area contributed by atoms with E-state index in [4.69, 9.17) is 0 Å². The van der Waals surface area contributed by atoms with E-state index >= 15 is 0 Å². The predicted octanol–water partition coefficient (Wildman–Crippen LogP) is 2.57. The third-order valence-corrected chi connectivity index (χ3v) is 2.68. The van der Waals surface area contributed by atoms with Crippen molar-refractivity contribution in [1.82, 2.24) is 0 Å². The van der Waals surface area contributed by atoms with E-state index in [0.717, 1.165) is 24.8 Å². The van der Waals surface area contributed by atoms with Crippen LogP contribution in [0.4, 0.5) is 0 Å². The van der Waals surface area contributed by atoms with Crippen molar-refractivity contribution < 1.29 is 14.3 Å². The Morgan fingerprint density at radius 1 is 1.44 bits per heavy atom. The van der Waals surface area contributed by atoms with Gasteiger partial charge in [0.15, 0.2) is 5.78 Å². The van der Waals surface area contributed by atoms with Gasteiger partial charge in [0.1, 0.15) is 5.57 Å². The molecule has 0 spiro atoms. The van der Waals surface area contributed by atoms with Crippen molar-refractivity contribution in [3.8, 4) is 0 Å². The molecule has 3 nitrogen and oxygen atoms in total. The molecule has 0 unspecified atom stereocenters. The smallest absolute Gasteiger partial charge is 0.341 e. The maximum absolute atomic E-state index is 11.6. The highest BCUT2D eigenvalue weighted by molar-refractivity contribution is 6.17. The topological polar surface area (TPSA) is 43.4 Å². The van der Waals surface area contributed by atoms with Gasteiger partial charge in [-0.2, -0.15) is 0 Å². The minimum Gasteiger partial charge on any atom is -0.465 e. The van der Waals surface area contributed by atoms with Crippen LogP contribution in [-0.2, 0) is 14.3 Å². The monoisotopic (exact) mass is 222 g/mol. The van der Waals surface area contributed by atoms with Gasteiger partial charge in [0.05, 0.1) is 7.11 Å². The molecular weight excluding hydrogens is 204 g/mol. The molecule has 88 valence electrons. The molecule has 0 aliphatic heterocycles. The predicted molar refractivity (Wildman–Crippen MR) is 61.9 cm³/mol. The third-order valence-electron chi connectivity index (χ3n) is 2.68. The molecule has 0 fully saturated rings. The second kappa shape index (κ2) is 6.26. The van der Waals surface area contributed by atoms with Crippen molar-refractivity contribution in [3.05, 3.63) is 23.3 Å². The molecule has 0 aromatic carbocycles. The average Bonchev–Trinajstić information content (AvgIpc) is 2.35. The van der Waals surface area contributed by atoms with E-state index < -0.39 is 5.97 Å². The fraction of sp³-hybridized carbons (Fsp3) is 0.538. The zero-order valence-corrected chi connectivity index (χ0v) is 9.91. The standard InChI is InChI=1S/C13H18O3/c1-3-12(14)11(13(15)16-2)9-10-7-5-4-6-8-10/h7,9H,3-6,8H2,1-2H3. The minimum absolute atomic E-state index is 0.154. The van der Waals surface area contributed by atoms with E-state index in [1.165, 1.54) is 13.5 Å². The van der Waals surface area contributed by atoms with Gasteiger partial charge in [-0.1, -0.05) is 18.6 Å². The number of allylic oxidation sites excluding steroid dienone is 3. The van der Waals surface area contributed by atoms with Gasteiger partial charge in [0.25, 0.3) is 0 Å². The molecule has 0 saturated carbocycles. The number of hydrogen-bond acceptors (Lipinski definition) is 3. The molecule has 1 aliphatic rings. The molecule has 0 radical (unpaired) electrons. The van der Waals surface area contributed by atoms with Crippen LogP contribution >= 0.6 is 0 Å². The first-order chi connectivity index (χ1) is 7.69. The Morgan fingerprint density at radius 2 is 2.19 bits per heavy atom. The maximum atomic E-state index is 11.6. The van der Waals surface area contributed by atoms with Gasteiger partial charge < -0.3 is 4.74 Å². The highest BCUT2D eigenvalue weighted by atomic mass is 16.5. The number of ether oxygens (including phenoxy) is 1. The van der Waals surface area contributed by atoms with Crippen LogP contribution in [0.25, 0.3) is 0 Å². The van der Waals surface area contributed by atoms with Crippen molar-refractivity contribution >= 4 is 11.8 Å². The molecule has 0 bridgehead atoms. The molecule has 3 heteroatoms. The Kier molecular flexibility index (Phi) is 4.96. The lowest BCUT2D eigenvalue weighted by Gasteiger charge is -2.10. The summed E-state index contributed by atoms with van der Waals surface area (Å²) >= 11 is 0. The van der Waals surface area contributed by atoms with Gasteiger partial charge in [-0.3, -0.25) is 4.79 Å². The summed E-state index contributed by atoms with van der Waals surface area (Å²) < 4.78 is 4.62. The van der Waals surface area contributed by atoms with Crippen LogP contribution in [0.3, 0.4) is 0 Å². The van der Waals surface area contributed by atoms with Crippen molar-refractivity contribution in [2.24, 2.45) is 0 Å². The Bertz CT molecular complexity index is 319. The van der Waals surface area contributed by atoms with Crippen molar-refractivity contribution in [3.63, 3.8) is 0 Å². The molecule has 0 aromatic heterocycles. The normalized spacial score (nSPS) is 16.6. The highest BCUT2D eigenvalue weighted by Crippen LogP contribution is 2.20. The summed E-state index contributed by atoms with van der Waals surface area (Å²) in [6.07, 6.45) is 8.39. The average molecular weight is 222 g/mol. The number of hydrogen-bond donors (Lipinski definition) is 0. The van der Waals surface area contributed by atoms with Crippen LogP contribution in [-0.4, -0.2) is 18.9 Å². The van der Waals surface area contributed by atoms with E-state index in [2.05, 4.69) is 10.8 Å². The fourth-order valence-corrected chi connectivity index (χ4v) is 1.73. The largest absolute Gasteiger partial charge is 0.465 e. The molecule has 0 heterocycles. The van der Waals surface area contributed by atoms with Crippen LogP contribution in [0.5, 0.6) is 0 Å². The Labute approximate surface area is 96.2 Å². The molecule has 0 atom stereocenters. The molecule has 0 amide bonds. The van der Waals surface area contributed by atoms with Gasteiger partial charge in [-0.05, 0) is 31.8 Å². The molecule has 1 aliphatic carbocycles. The minimum atomic E-state index is -0.529. The zero-order valence-electron chi connectivity index (χ0n) is 9.91.